The first-order valence-electron chi connectivity index (χ1n) is 11.8. The number of imidazole rings is 1. The van der Waals surface area contributed by atoms with Crippen LogP contribution in [0.4, 0.5) is 23.5 Å². The number of alkyl halides is 3. The Kier molecular flexibility index (Phi) is 6.17. The van der Waals surface area contributed by atoms with Crippen molar-refractivity contribution in [3.05, 3.63) is 35.5 Å². The molecule has 4 atom stereocenters. The summed E-state index contributed by atoms with van der Waals surface area (Å²) in [7, 11) is 0. The molecule has 200 valence electrons. The van der Waals surface area contributed by atoms with E-state index in [1.807, 2.05) is 0 Å². The fourth-order valence-electron chi connectivity index (χ4n) is 4.82. The summed E-state index contributed by atoms with van der Waals surface area (Å²) in [5.74, 6) is -0.837. The van der Waals surface area contributed by atoms with Crippen LogP contribution in [0.25, 0.3) is 22.3 Å². The van der Waals surface area contributed by atoms with E-state index in [2.05, 4.69) is 20.3 Å². The summed E-state index contributed by atoms with van der Waals surface area (Å²) in [6.45, 7) is 6.89. The molecule has 1 aromatic carbocycles. The molecule has 2 aliphatic heterocycles. The maximum atomic E-state index is 15.3. The van der Waals surface area contributed by atoms with E-state index in [4.69, 9.17) is 9.47 Å². The summed E-state index contributed by atoms with van der Waals surface area (Å²) in [5, 5.41) is 23.9. The molecule has 0 saturated carbocycles. The molecule has 3 aromatic rings. The maximum absolute atomic E-state index is 15.3. The van der Waals surface area contributed by atoms with Crippen LogP contribution >= 0.6 is 0 Å². The zero-order chi connectivity index (χ0) is 26.9. The Balaban J connectivity index is 1.63. The lowest BCUT2D eigenvalue weighted by Gasteiger charge is -2.32. The average molecular weight is 526 g/mol. The number of hydrogen-bond donors (Lipinski definition) is 3. The molecule has 3 N–H and O–H groups in total. The zero-order valence-corrected chi connectivity index (χ0v) is 20.5. The van der Waals surface area contributed by atoms with Crippen LogP contribution in [0.15, 0.2) is 18.3 Å². The number of aliphatic hydroxyl groups is 2. The Morgan fingerprint density at radius 3 is 2.57 bits per heavy atom. The quantitative estimate of drug-likeness (QED) is 0.432. The van der Waals surface area contributed by atoms with Gasteiger partial charge in [0, 0.05) is 17.8 Å². The van der Waals surface area contributed by atoms with E-state index in [0.29, 0.717) is 19.2 Å². The third-order valence-electron chi connectivity index (χ3n) is 6.48. The summed E-state index contributed by atoms with van der Waals surface area (Å²) in [5.41, 5.74) is -3.10. The molecule has 2 bridgehead atoms. The molecule has 2 fully saturated rings. The molecule has 4 heterocycles. The Morgan fingerprint density at radius 2 is 1.92 bits per heavy atom. The number of nitrogens with one attached hydrogen (secondary N) is 1. The number of rotatable bonds is 5. The Hall–Kier alpha value is -2.87. The summed E-state index contributed by atoms with van der Waals surface area (Å²) in [4.78, 5) is 12.2. The molecule has 0 spiro atoms. The molecular formula is C24H27F4N5O4. The van der Waals surface area contributed by atoms with Crippen molar-refractivity contribution in [3.63, 3.8) is 0 Å². The van der Waals surface area contributed by atoms with Gasteiger partial charge in [0.2, 0.25) is 5.95 Å². The number of anilines is 1. The second-order valence-electron chi connectivity index (χ2n) is 10.2. The highest BCUT2D eigenvalue weighted by Crippen LogP contribution is 2.39. The van der Waals surface area contributed by atoms with Gasteiger partial charge in [0.1, 0.15) is 28.6 Å². The predicted molar refractivity (Wildman–Crippen MR) is 124 cm³/mol. The third-order valence-corrected chi connectivity index (χ3v) is 6.48. The number of halogens is 4. The highest BCUT2D eigenvalue weighted by molar-refractivity contribution is 5.84. The van der Waals surface area contributed by atoms with Crippen molar-refractivity contribution >= 4 is 17.0 Å². The summed E-state index contributed by atoms with van der Waals surface area (Å²) < 4.78 is 69.6. The van der Waals surface area contributed by atoms with Crippen molar-refractivity contribution in [2.45, 2.75) is 76.5 Å². The van der Waals surface area contributed by atoms with Crippen molar-refractivity contribution in [3.8, 4) is 11.3 Å². The molecule has 9 nitrogen and oxygen atoms in total. The van der Waals surface area contributed by atoms with E-state index < -0.39 is 47.3 Å². The molecule has 0 radical (unpaired) electrons. The second-order valence-corrected chi connectivity index (χ2v) is 10.2. The molecule has 2 aromatic heterocycles. The number of nitrogens with zero attached hydrogens (tertiary/aromatic N) is 4. The standard InChI is InChI=1S/C24H27F4N5O4/c1-10(2)33-16-6-11(5-14(25)18(16)31-21(33)23(3,4)35)17-13(24(26,27)28)8-29-22(32-17)30-15-7-12-9-36-20(37-12)19(15)34/h5-6,8,10,12,15,19-20,34-35H,7,9H2,1-4H3,(H,29,30,32)/t12-,15+,19-,20+/m0/s1. The zero-order valence-electron chi connectivity index (χ0n) is 20.5. The van der Waals surface area contributed by atoms with Crippen LogP contribution < -0.4 is 5.32 Å². The molecule has 37 heavy (non-hydrogen) atoms. The maximum Gasteiger partial charge on any atom is 0.419 e. The van der Waals surface area contributed by atoms with E-state index in [1.165, 1.54) is 19.9 Å². The molecule has 2 aliphatic rings. The van der Waals surface area contributed by atoms with E-state index in [-0.39, 0.29) is 40.5 Å². The number of aromatic nitrogens is 4. The average Bonchev–Trinajstić information content (AvgIpc) is 3.39. The second kappa shape index (κ2) is 8.86. The SMILES string of the molecule is CC(C)n1c(C(C)(C)O)nc2c(F)cc(-c3nc(N[C@@H]4C[C@H]5CO[C@H](O5)[C@H]4O)ncc3C(F)(F)F)cc21. The van der Waals surface area contributed by atoms with Gasteiger partial charge in [0.05, 0.1) is 30.0 Å². The minimum atomic E-state index is -4.82. The van der Waals surface area contributed by atoms with Crippen molar-refractivity contribution in [2.24, 2.45) is 0 Å². The topological polar surface area (TPSA) is 115 Å². The lowest BCUT2D eigenvalue weighted by Crippen LogP contribution is -2.48. The van der Waals surface area contributed by atoms with Gasteiger partial charge in [0.25, 0.3) is 0 Å². The van der Waals surface area contributed by atoms with Gasteiger partial charge >= 0.3 is 6.18 Å². The Bertz CT molecular complexity index is 1340. The highest BCUT2D eigenvalue weighted by atomic mass is 19.4. The molecule has 5 rings (SSSR count). The molecule has 0 amide bonds. The number of aliphatic hydroxyl groups excluding tert-OH is 1. The van der Waals surface area contributed by atoms with E-state index >= 15 is 4.39 Å². The van der Waals surface area contributed by atoms with Gasteiger partial charge in [-0.05, 0) is 46.2 Å². The highest BCUT2D eigenvalue weighted by Gasteiger charge is 2.44. The van der Waals surface area contributed by atoms with Crippen LogP contribution in [-0.4, -0.2) is 60.9 Å². The molecule has 0 aliphatic carbocycles. The predicted octanol–water partition coefficient (Wildman–Crippen LogP) is 3.75. The van der Waals surface area contributed by atoms with Crippen molar-refractivity contribution in [2.75, 3.05) is 11.9 Å². The van der Waals surface area contributed by atoms with Crippen LogP contribution in [0.1, 0.15) is 51.5 Å². The largest absolute Gasteiger partial charge is 0.419 e. The molecular weight excluding hydrogens is 498 g/mol. The molecule has 13 heteroatoms. The van der Waals surface area contributed by atoms with Crippen molar-refractivity contribution in [1.29, 1.82) is 0 Å². The van der Waals surface area contributed by atoms with Gasteiger partial charge in [-0.2, -0.15) is 13.2 Å². The first-order chi connectivity index (χ1) is 17.2. The minimum absolute atomic E-state index is 0.0728. The minimum Gasteiger partial charge on any atom is -0.386 e. The van der Waals surface area contributed by atoms with Crippen LogP contribution in [-0.2, 0) is 21.3 Å². The fraction of sp³-hybridized carbons (Fsp3) is 0.542. The fourth-order valence-corrected chi connectivity index (χ4v) is 4.82. The van der Waals surface area contributed by atoms with Gasteiger partial charge in [-0.15, -0.1) is 0 Å². The van der Waals surface area contributed by atoms with Gasteiger partial charge in [0.15, 0.2) is 12.1 Å². The van der Waals surface area contributed by atoms with Crippen LogP contribution in [0, 0.1) is 5.82 Å². The van der Waals surface area contributed by atoms with E-state index in [1.54, 1.807) is 18.4 Å². The first kappa shape index (κ1) is 25.8. The summed E-state index contributed by atoms with van der Waals surface area (Å²) in [6, 6.07) is 1.41. The number of ether oxygens (including phenoxy) is 2. The van der Waals surface area contributed by atoms with Crippen LogP contribution in [0.2, 0.25) is 0 Å². The lowest BCUT2D eigenvalue weighted by atomic mass is 10.0. The Morgan fingerprint density at radius 1 is 1.19 bits per heavy atom. The van der Waals surface area contributed by atoms with Gasteiger partial charge in [-0.3, -0.25) is 0 Å². The Labute approximate surface area is 209 Å². The summed E-state index contributed by atoms with van der Waals surface area (Å²) in [6.07, 6.45) is -6.04. The van der Waals surface area contributed by atoms with Crippen LogP contribution in [0.3, 0.4) is 0 Å². The molecule has 0 unspecified atom stereocenters. The van der Waals surface area contributed by atoms with E-state index in [0.717, 1.165) is 6.07 Å². The van der Waals surface area contributed by atoms with Gasteiger partial charge < -0.3 is 29.6 Å². The third kappa shape index (κ3) is 4.65. The van der Waals surface area contributed by atoms with E-state index in [9.17, 15) is 23.4 Å². The van der Waals surface area contributed by atoms with Gasteiger partial charge in [-0.25, -0.2) is 19.3 Å². The van der Waals surface area contributed by atoms with Gasteiger partial charge in [-0.1, -0.05) is 0 Å². The summed E-state index contributed by atoms with van der Waals surface area (Å²) >= 11 is 0. The number of benzene rings is 1. The first-order valence-corrected chi connectivity index (χ1v) is 11.8. The normalized spacial score (nSPS) is 24.3. The van der Waals surface area contributed by atoms with Crippen molar-refractivity contribution < 1.29 is 37.2 Å². The lowest BCUT2D eigenvalue weighted by molar-refractivity contribution is -0.156. The number of fused-ring (bicyclic) bond motifs is 3. The monoisotopic (exact) mass is 525 g/mol. The molecule has 2 saturated heterocycles. The van der Waals surface area contributed by atoms with Crippen LogP contribution in [0.5, 0.6) is 0 Å². The number of hydrogen-bond acceptors (Lipinski definition) is 8. The van der Waals surface area contributed by atoms with Crippen molar-refractivity contribution in [1.82, 2.24) is 19.5 Å². The smallest absolute Gasteiger partial charge is 0.386 e.